The number of rotatable bonds is 4. The van der Waals surface area contributed by atoms with Crippen LogP contribution in [0.25, 0.3) is 0 Å². The average molecular weight is 248 g/mol. The zero-order valence-electron chi connectivity index (χ0n) is 10.2. The minimum absolute atomic E-state index is 0.185. The smallest absolute Gasteiger partial charge is 0.255 e. The molecular weight excluding hydrogens is 230 g/mol. The van der Waals surface area contributed by atoms with Crippen LogP contribution in [0.1, 0.15) is 27.2 Å². The molecule has 1 N–H and O–H groups in total. The van der Waals surface area contributed by atoms with E-state index in [1.54, 1.807) is 20.8 Å². The Morgan fingerprint density at radius 2 is 1.94 bits per heavy atom. The summed E-state index contributed by atoms with van der Waals surface area (Å²) < 4.78 is 24.9. The molecule has 1 fully saturated rings. The molecule has 0 bridgehead atoms. The van der Waals surface area contributed by atoms with Gasteiger partial charge in [-0.1, -0.05) is 20.8 Å². The van der Waals surface area contributed by atoms with Gasteiger partial charge in [-0.3, -0.25) is 9.59 Å². The van der Waals surface area contributed by atoms with Gasteiger partial charge in [-0.2, -0.15) is 0 Å². The summed E-state index contributed by atoms with van der Waals surface area (Å²) in [5.74, 6) is -0.936. The van der Waals surface area contributed by atoms with Crippen LogP contribution in [0.4, 0.5) is 8.78 Å². The molecule has 0 spiro atoms. The van der Waals surface area contributed by atoms with Crippen LogP contribution in [0.5, 0.6) is 0 Å². The second-order valence-corrected chi connectivity index (χ2v) is 4.54. The van der Waals surface area contributed by atoms with Crippen molar-refractivity contribution in [2.75, 3.05) is 6.54 Å². The number of alkyl halides is 2. The first-order valence-corrected chi connectivity index (χ1v) is 5.77. The lowest BCUT2D eigenvalue weighted by molar-refractivity contribution is -0.153. The summed E-state index contributed by atoms with van der Waals surface area (Å²) in [6, 6.07) is -1.46. The Kier molecular flexibility index (Phi) is 4.42. The fourth-order valence-corrected chi connectivity index (χ4v) is 2.09. The number of halogens is 2. The monoisotopic (exact) mass is 248 g/mol. The molecule has 2 atom stereocenters. The van der Waals surface area contributed by atoms with Gasteiger partial charge in [-0.25, -0.2) is 8.78 Å². The second kappa shape index (κ2) is 5.42. The number of nitrogens with one attached hydrogen (secondary N) is 1. The van der Waals surface area contributed by atoms with Crippen molar-refractivity contribution in [1.29, 1.82) is 0 Å². The van der Waals surface area contributed by atoms with Crippen LogP contribution < -0.4 is 5.32 Å². The van der Waals surface area contributed by atoms with Gasteiger partial charge in [0.15, 0.2) is 0 Å². The fraction of sp³-hybridized carbons (Fsp3) is 0.818. The average Bonchev–Trinajstić information content (AvgIpc) is 2.21. The van der Waals surface area contributed by atoms with E-state index < -0.39 is 31.0 Å². The molecule has 1 aliphatic heterocycles. The van der Waals surface area contributed by atoms with Crippen molar-refractivity contribution in [3.8, 4) is 0 Å². The lowest BCUT2D eigenvalue weighted by Gasteiger charge is -2.40. The summed E-state index contributed by atoms with van der Waals surface area (Å²) >= 11 is 0. The molecule has 1 heterocycles. The molecular formula is C11H18F2N2O2. The van der Waals surface area contributed by atoms with Crippen LogP contribution in [-0.4, -0.2) is 41.8 Å². The maximum Gasteiger partial charge on any atom is 0.255 e. The lowest BCUT2D eigenvalue weighted by atomic mass is 9.96. The lowest BCUT2D eigenvalue weighted by Crippen LogP contribution is -2.65. The quantitative estimate of drug-likeness (QED) is 0.807. The predicted molar refractivity (Wildman–Crippen MR) is 58.6 cm³/mol. The van der Waals surface area contributed by atoms with Crippen molar-refractivity contribution in [3.63, 3.8) is 0 Å². The van der Waals surface area contributed by atoms with Gasteiger partial charge < -0.3 is 10.2 Å². The van der Waals surface area contributed by atoms with E-state index >= 15 is 0 Å². The van der Waals surface area contributed by atoms with Crippen LogP contribution in [0.15, 0.2) is 0 Å². The van der Waals surface area contributed by atoms with Crippen molar-refractivity contribution >= 4 is 11.8 Å². The topological polar surface area (TPSA) is 49.4 Å². The van der Waals surface area contributed by atoms with Gasteiger partial charge in [-0.05, 0) is 12.3 Å². The van der Waals surface area contributed by atoms with E-state index in [2.05, 4.69) is 5.32 Å². The third-order valence-electron chi connectivity index (χ3n) is 2.88. The number of nitrogens with zero attached hydrogens (tertiary/aromatic N) is 1. The summed E-state index contributed by atoms with van der Waals surface area (Å²) in [6.45, 7) is 4.54. The van der Waals surface area contributed by atoms with Gasteiger partial charge in [0.25, 0.3) is 6.43 Å². The summed E-state index contributed by atoms with van der Waals surface area (Å²) in [5.41, 5.74) is 0. The molecule has 98 valence electrons. The van der Waals surface area contributed by atoms with Crippen LogP contribution >= 0.6 is 0 Å². The zero-order valence-corrected chi connectivity index (χ0v) is 10.2. The number of piperazine rings is 1. The summed E-state index contributed by atoms with van der Waals surface area (Å²) in [5, 5.41) is 2.58. The zero-order chi connectivity index (χ0) is 13.2. The Hall–Kier alpha value is -1.20. The third kappa shape index (κ3) is 2.92. The molecule has 1 rings (SSSR count). The number of carbonyl (C=O) groups is 2. The maximum absolute atomic E-state index is 12.5. The van der Waals surface area contributed by atoms with E-state index in [1.807, 2.05) is 0 Å². The summed E-state index contributed by atoms with van der Waals surface area (Å²) in [6.07, 6.45) is -2.21. The highest BCUT2D eigenvalue weighted by Gasteiger charge is 2.42. The molecule has 2 unspecified atom stereocenters. The molecule has 4 nitrogen and oxygen atoms in total. The molecule has 2 amide bonds. The van der Waals surface area contributed by atoms with E-state index in [4.69, 9.17) is 0 Å². The van der Waals surface area contributed by atoms with Gasteiger partial charge in [0, 0.05) is 0 Å². The number of carbonyl (C=O) groups excluding carboxylic acids is 2. The van der Waals surface area contributed by atoms with Crippen LogP contribution in [0.2, 0.25) is 0 Å². The molecule has 17 heavy (non-hydrogen) atoms. The normalized spacial score (nSPS) is 25.7. The highest BCUT2D eigenvalue weighted by Crippen LogP contribution is 2.19. The Balaban J connectivity index is 2.95. The molecule has 0 aromatic rings. The number of amides is 2. The first-order chi connectivity index (χ1) is 7.88. The van der Waals surface area contributed by atoms with E-state index in [9.17, 15) is 18.4 Å². The SMILES string of the molecule is CCC1NC(=O)C(C(C)C)N(CC(F)F)C1=O. The van der Waals surface area contributed by atoms with Crippen molar-refractivity contribution in [1.82, 2.24) is 10.2 Å². The minimum Gasteiger partial charge on any atom is -0.343 e. The first kappa shape index (κ1) is 13.9. The molecule has 0 saturated carbocycles. The summed E-state index contributed by atoms with van der Waals surface area (Å²) in [7, 11) is 0. The van der Waals surface area contributed by atoms with Crippen molar-refractivity contribution in [3.05, 3.63) is 0 Å². The van der Waals surface area contributed by atoms with E-state index in [0.717, 1.165) is 4.90 Å². The molecule has 6 heteroatoms. The highest BCUT2D eigenvalue weighted by atomic mass is 19.3. The molecule has 0 aliphatic carbocycles. The Bertz CT molecular complexity index is 308. The molecule has 1 aliphatic rings. The first-order valence-electron chi connectivity index (χ1n) is 5.77. The van der Waals surface area contributed by atoms with Gasteiger partial charge >= 0.3 is 0 Å². The van der Waals surface area contributed by atoms with Crippen LogP contribution in [0, 0.1) is 5.92 Å². The maximum atomic E-state index is 12.5. The van der Waals surface area contributed by atoms with Crippen molar-refractivity contribution in [2.45, 2.75) is 45.7 Å². The van der Waals surface area contributed by atoms with Crippen molar-refractivity contribution in [2.24, 2.45) is 5.92 Å². The molecule has 0 aromatic heterocycles. The number of hydrogen-bond acceptors (Lipinski definition) is 2. The van der Waals surface area contributed by atoms with E-state index in [-0.39, 0.29) is 11.8 Å². The predicted octanol–water partition coefficient (Wildman–Crippen LogP) is 1.01. The standard InChI is InChI=1S/C11H18F2N2O2/c1-4-7-11(17)15(5-8(12)13)9(6(2)3)10(16)14-7/h6-9H,4-5H2,1-3H3,(H,14,16). The van der Waals surface area contributed by atoms with Gasteiger partial charge in [-0.15, -0.1) is 0 Å². The second-order valence-electron chi connectivity index (χ2n) is 4.54. The molecule has 0 aromatic carbocycles. The van der Waals surface area contributed by atoms with Gasteiger partial charge in [0.05, 0.1) is 6.54 Å². The Morgan fingerprint density at radius 3 is 2.35 bits per heavy atom. The van der Waals surface area contributed by atoms with Crippen LogP contribution in [0.3, 0.4) is 0 Å². The van der Waals surface area contributed by atoms with E-state index in [1.165, 1.54) is 0 Å². The number of hydrogen-bond donors (Lipinski definition) is 1. The summed E-state index contributed by atoms with van der Waals surface area (Å²) in [4.78, 5) is 24.7. The van der Waals surface area contributed by atoms with Crippen LogP contribution in [-0.2, 0) is 9.59 Å². The molecule has 0 radical (unpaired) electrons. The largest absolute Gasteiger partial charge is 0.343 e. The Morgan fingerprint density at radius 1 is 1.35 bits per heavy atom. The fourth-order valence-electron chi connectivity index (χ4n) is 2.09. The van der Waals surface area contributed by atoms with Gasteiger partial charge in [0.1, 0.15) is 12.1 Å². The highest BCUT2D eigenvalue weighted by molar-refractivity contribution is 5.97. The van der Waals surface area contributed by atoms with Gasteiger partial charge in [0.2, 0.25) is 11.8 Å². The third-order valence-corrected chi connectivity index (χ3v) is 2.88. The molecule has 1 saturated heterocycles. The Labute approximate surface area is 99.3 Å². The van der Waals surface area contributed by atoms with Crippen molar-refractivity contribution < 1.29 is 18.4 Å². The van der Waals surface area contributed by atoms with E-state index in [0.29, 0.717) is 6.42 Å². The minimum atomic E-state index is -2.62.